The summed E-state index contributed by atoms with van der Waals surface area (Å²) in [5.74, 6) is 0. The SMILES string of the molecule is N#Cc1ccc2c3ccc(C#N)cc3n(-c3ccc(-c4ccccc4C(F)(F)F)c(-n4c5cc(C#N)ccc5c5ccc(C#N)cc54)c3C#N)c2c1. The maximum Gasteiger partial charge on any atom is 0.417 e. The number of halogens is 3. The lowest BCUT2D eigenvalue weighted by molar-refractivity contribution is -0.137. The molecule has 0 amide bonds. The van der Waals surface area contributed by atoms with E-state index in [0.29, 0.717) is 44.0 Å². The Morgan fingerprint density at radius 1 is 0.442 bits per heavy atom. The standard InChI is InChI=1S/C42H18F3N7/c43-42(44,45)35-4-2-1-3-28(35)33-13-14-36(51-37-15-24(19-46)5-9-29(37)30-10-6-25(20-47)16-38(30)51)34(23-50)41(33)52-39-17-26(21-48)7-11-31(39)32-12-8-27(22-49)18-40(32)52/h1-18H. The van der Waals surface area contributed by atoms with Crippen molar-refractivity contribution >= 4 is 43.6 Å². The monoisotopic (exact) mass is 677 g/mol. The molecule has 0 aliphatic heterocycles. The van der Waals surface area contributed by atoms with E-state index >= 15 is 0 Å². The van der Waals surface area contributed by atoms with Crippen LogP contribution in [-0.2, 0) is 6.18 Å². The zero-order valence-corrected chi connectivity index (χ0v) is 26.7. The van der Waals surface area contributed by atoms with E-state index in [1.54, 1.807) is 88.0 Å². The summed E-state index contributed by atoms with van der Waals surface area (Å²) < 4.78 is 47.4. The molecule has 0 unspecified atom stereocenters. The Kier molecular flexibility index (Phi) is 7.04. The third kappa shape index (κ3) is 4.63. The Hall–Kier alpha value is -7.84. The third-order valence-electron chi connectivity index (χ3n) is 9.31. The molecule has 0 fully saturated rings. The van der Waals surface area contributed by atoms with Crippen molar-refractivity contribution in [2.75, 3.05) is 0 Å². The lowest BCUT2D eigenvalue weighted by Gasteiger charge is -2.22. The van der Waals surface area contributed by atoms with Crippen LogP contribution in [0.3, 0.4) is 0 Å². The van der Waals surface area contributed by atoms with Gasteiger partial charge in [0, 0.05) is 27.1 Å². The van der Waals surface area contributed by atoms with Crippen molar-refractivity contribution in [2.45, 2.75) is 6.18 Å². The Morgan fingerprint density at radius 2 is 0.865 bits per heavy atom. The molecule has 52 heavy (non-hydrogen) atoms. The maximum absolute atomic E-state index is 14.7. The van der Waals surface area contributed by atoms with Crippen molar-refractivity contribution in [3.8, 4) is 52.8 Å². The smallest absolute Gasteiger partial charge is 0.308 e. The average molecular weight is 678 g/mol. The van der Waals surface area contributed by atoms with E-state index in [0.717, 1.165) is 16.8 Å². The van der Waals surface area contributed by atoms with Crippen LogP contribution in [0.5, 0.6) is 0 Å². The van der Waals surface area contributed by atoms with E-state index in [-0.39, 0.29) is 39.2 Å². The number of hydrogen-bond donors (Lipinski definition) is 0. The third-order valence-corrected chi connectivity index (χ3v) is 9.31. The van der Waals surface area contributed by atoms with Gasteiger partial charge < -0.3 is 9.13 Å². The Bertz CT molecular complexity index is 2930. The highest BCUT2D eigenvalue weighted by Gasteiger charge is 2.35. The molecule has 2 aromatic heterocycles. The first-order chi connectivity index (χ1) is 25.2. The topological polar surface area (TPSA) is 129 Å². The fourth-order valence-corrected chi connectivity index (χ4v) is 7.11. The predicted octanol–water partition coefficient (Wildman–Crippen LogP) is 9.92. The lowest BCUT2D eigenvalue weighted by atomic mass is 9.94. The van der Waals surface area contributed by atoms with Crippen LogP contribution in [0, 0.1) is 56.7 Å². The summed E-state index contributed by atoms with van der Waals surface area (Å²) in [6.07, 6.45) is -4.75. The van der Waals surface area contributed by atoms with Gasteiger partial charge in [-0.1, -0.05) is 48.5 Å². The lowest BCUT2D eigenvalue weighted by Crippen LogP contribution is -2.10. The second-order valence-corrected chi connectivity index (χ2v) is 12.1. The zero-order valence-electron chi connectivity index (χ0n) is 26.7. The molecule has 0 radical (unpaired) electrons. The first kappa shape index (κ1) is 31.4. The fourth-order valence-electron chi connectivity index (χ4n) is 7.11. The van der Waals surface area contributed by atoms with Crippen molar-refractivity contribution in [1.82, 2.24) is 9.13 Å². The van der Waals surface area contributed by atoms with Gasteiger partial charge in [-0.3, -0.25) is 0 Å². The molecule has 0 bridgehead atoms. The zero-order chi connectivity index (χ0) is 36.3. The van der Waals surface area contributed by atoms with Crippen molar-refractivity contribution in [3.63, 3.8) is 0 Å². The van der Waals surface area contributed by atoms with E-state index in [9.17, 15) is 39.5 Å². The van der Waals surface area contributed by atoms with Gasteiger partial charge in [0.2, 0.25) is 0 Å². The molecular weight excluding hydrogens is 660 g/mol. The molecule has 6 aromatic carbocycles. The summed E-state index contributed by atoms with van der Waals surface area (Å²) >= 11 is 0. The summed E-state index contributed by atoms with van der Waals surface area (Å²) in [5, 5.41) is 53.4. The number of alkyl halides is 3. The van der Waals surface area contributed by atoms with E-state index in [1.807, 2.05) is 0 Å². The van der Waals surface area contributed by atoms with Crippen LogP contribution in [0.15, 0.2) is 109 Å². The van der Waals surface area contributed by atoms with Crippen LogP contribution < -0.4 is 0 Å². The first-order valence-corrected chi connectivity index (χ1v) is 15.7. The van der Waals surface area contributed by atoms with Crippen LogP contribution in [-0.4, -0.2) is 9.13 Å². The molecule has 0 saturated heterocycles. The van der Waals surface area contributed by atoms with E-state index in [1.165, 1.54) is 24.3 Å². The van der Waals surface area contributed by atoms with Crippen LogP contribution >= 0.6 is 0 Å². The highest BCUT2D eigenvalue weighted by atomic mass is 19.4. The molecule has 0 saturated carbocycles. The molecule has 8 rings (SSSR count). The highest BCUT2D eigenvalue weighted by molar-refractivity contribution is 6.12. The number of aromatic nitrogens is 2. The van der Waals surface area contributed by atoms with Crippen molar-refractivity contribution in [3.05, 3.63) is 143 Å². The number of nitrogens with zero attached hydrogens (tertiary/aromatic N) is 7. The summed E-state index contributed by atoms with van der Waals surface area (Å²) in [6, 6.07) is 39.2. The molecule has 0 aliphatic rings. The van der Waals surface area contributed by atoms with Gasteiger partial charge in [0.05, 0.1) is 85.5 Å². The van der Waals surface area contributed by atoms with Crippen LogP contribution in [0.25, 0.3) is 66.1 Å². The van der Waals surface area contributed by atoms with Gasteiger partial charge >= 0.3 is 6.18 Å². The number of fused-ring (bicyclic) bond motifs is 6. The minimum Gasteiger partial charge on any atom is -0.308 e. The molecule has 10 heteroatoms. The van der Waals surface area contributed by atoms with Crippen LogP contribution in [0.1, 0.15) is 33.4 Å². The molecule has 0 N–H and O–H groups in total. The average Bonchev–Trinajstić information content (AvgIpc) is 3.67. The van der Waals surface area contributed by atoms with Gasteiger partial charge in [-0.25, -0.2) is 0 Å². The van der Waals surface area contributed by atoms with Gasteiger partial charge in [-0.2, -0.15) is 39.5 Å². The number of rotatable bonds is 3. The molecule has 242 valence electrons. The molecular formula is C42H18F3N7. The number of nitriles is 5. The Morgan fingerprint density at radius 3 is 1.27 bits per heavy atom. The second-order valence-electron chi connectivity index (χ2n) is 12.1. The summed E-state index contributed by atoms with van der Waals surface area (Å²) in [6.45, 7) is 0. The Balaban J connectivity index is 1.63. The van der Waals surface area contributed by atoms with Gasteiger partial charge in [0.15, 0.2) is 0 Å². The van der Waals surface area contributed by atoms with Gasteiger partial charge in [0.1, 0.15) is 11.6 Å². The van der Waals surface area contributed by atoms with Crippen LogP contribution in [0.2, 0.25) is 0 Å². The summed E-state index contributed by atoms with van der Waals surface area (Å²) in [5.41, 5.74) is 2.48. The molecule has 8 aromatic rings. The van der Waals surface area contributed by atoms with Crippen molar-refractivity contribution in [1.29, 1.82) is 26.3 Å². The predicted molar refractivity (Wildman–Crippen MR) is 189 cm³/mol. The first-order valence-electron chi connectivity index (χ1n) is 15.7. The van der Waals surface area contributed by atoms with E-state index < -0.39 is 11.7 Å². The number of hydrogen-bond acceptors (Lipinski definition) is 5. The van der Waals surface area contributed by atoms with E-state index in [2.05, 4.69) is 30.3 Å². The quantitative estimate of drug-likeness (QED) is 0.184. The van der Waals surface area contributed by atoms with Crippen LogP contribution in [0.4, 0.5) is 13.2 Å². The minimum absolute atomic E-state index is 0.0264. The number of benzene rings is 6. The molecule has 2 heterocycles. The molecule has 0 atom stereocenters. The second kappa shape index (κ2) is 11.6. The fraction of sp³-hybridized carbons (Fsp3) is 0.0238. The van der Waals surface area contributed by atoms with Gasteiger partial charge in [0.25, 0.3) is 0 Å². The summed E-state index contributed by atoms with van der Waals surface area (Å²) in [4.78, 5) is 0. The van der Waals surface area contributed by atoms with Gasteiger partial charge in [-0.15, -0.1) is 0 Å². The normalized spacial score (nSPS) is 11.3. The molecule has 7 nitrogen and oxygen atoms in total. The summed E-state index contributed by atoms with van der Waals surface area (Å²) in [7, 11) is 0. The molecule has 0 aliphatic carbocycles. The van der Waals surface area contributed by atoms with Crippen molar-refractivity contribution < 1.29 is 13.2 Å². The van der Waals surface area contributed by atoms with E-state index in [4.69, 9.17) is 0 Å². The largest absolute Gasteiger partial charge is 0.417 e. The van der Waals surface area contributed by atoms with Gasteiger partial charge in [-0.05, 0) is 66.2 Å². The Labute approximate surface area is 293 Å². The highest BCUT2D eigenvalue weighted by Crippen LogP contribution is 2.45. The maximum atomic E-state index is 14.7. The van der Waals surface area contributed by atoms with Crippen molar-refractivity contribution in [2.24, 2.45) is 0 Å². The minimum atomic E-state index is -4.75. The molecule has 0 spiro atoms.